The fourth-order valence-electron chi connectivity index (χ4n) is 6.32. The zero-order chi connectivity index (χ0) is 26.8. The number of aliphatic hydroxyl groups excluding tert-OH is 1. The number of fused-ring (bicyclic) bond motifs is 1. The van der Waals surface area contributed by atoms with Gasteiger partial charge in [0.1, 0.15) is 5.65 Å². The molecule has 1 amide bonds. The summed E-state index contributed by atoms with van der Waals surface area (Å²) in [7, 11) is 0. The molecule has 1 atom stereocenters. The Morgan fingerprint density at radius 1 is 1.08 bits per heavy atom. The maximum atomic E-state index is 13.2. The Morgan fingerprint density at radius 3 is 2.42 bits per heavy atom. The number of rotatable bonds is 7. The lowest BCUT2D eigenvalue weighted by molar-refractivity contribution is 0.0712. The van der Waals surface area contributed by atoms with Gasteiger partial charge >= 0.3 is 0 Å². The van der Waals surface area contributed by atoms with Crippen LogP contribution in [0.25, 0.3) is 11.0 Å². The van der Waals surface area contributed by atoms with Crippen LogP contribution in [0.1, 0.15) is 104 Å². The number of piperidine rings is 1. The number of aromatic nitrogens is 4. The molecular weight excluding hydrogens is 476 g/mol. The van der Waals surface area contributed by atoms with Crippen LogP contribution in [-0.4, -0.2) is 60.7 Å². The van der Waals surface area contributed by atoms with Gasteiger partial charge in [0, 0.05) is 59.9 Å². The van der Waals surface area contributed by atoms with Gasteiger partial charge in [0.05, 0.1) is 6.10 Å². The highest BCUT2D eigenvalue weighted by Gasteiger charge is 2.30. The minimum absolute atomic E-state index is 0.0977. The molecular formula is C30H42N6O2. The Balaban J connectivity index is 1.38. The average molecular weight is 519 g/mol. The maximum absolute atomic E-state index is 13.2. The number of amides is 1. The molecule has 0 radical (unpaired) electrons. The number of aliphatic hydroxyl groups is 1. The van der Waals surface area contributed by atoms with Gasteiger partial charge in [-0.25, -0.2) is 4.98 Å². The zero-order valence-corrected chi connectivity index (χ0v) is 23.3. The number of carbonyl (C=O) groups excluding carboxylic acids is 1. The van der Waals surface area contributed by atoms with Gasteiger partial charge in [-0.1, -0.05) is 13.3 Å². The number of carbonyl (C=O) groups is 1. The van der Waals surface area contributed by atoms with E-state index in [2.05, 4.69) is 34.9 Å². The lowest BCUT2D eigenvalue weighted by Gasteiger charge is -2.32. The quantitative estimate of drug-likeness (QED) is 0.426. The van der Waals surface area contributed by atoms with E-state index in [0.29, 0.717) is 23.9 Å². The number of hydrogen-bond donors (Lipinski definition) is 2. The lowest BCUT2D eigenvalue weighted by Crippen LogP contribution is -2.38. The molecule has 0 aromatic carbocycles. The molecule has 0 bridgehead atoms. The summed E-state index contributed by atoms with van der Waals surface area (Å²) in [6, 6.07) is 4.44. The monoisotopic (exact) mass is 518 g/mol. The van der Waals surface area contributed by atoms with E-state index in [9.17, 15) is 9.90 Å². The molecule has 1 aliphatic carbocycles. The molecule has 0 spiro atoms. The Morgan fingerprint density at radius 2 is 1.76 bits per heavy atom. The van der Waals surface area contributed by atoms with Crippen LogP contribution in [0, 0.1) is 13.8 Å². The van der Waals surface area contributed by atoms with Gasteiger partial charge in [0.25, 0.3) is 5.91 Å². The molecule has 8 heteroatoms. The van der Waals surface area contributed by atoms with Crippen molar-refractivity contribution in [2.24, 2.45) is 0 Å². The Bertz CT molecular complexity index is 1250. The molecule has 2 fully saturated rings. The van der Waals surface area contributed by atoms with E-state index < -0.39 is 0 Å². The molecule has 3 aromatic rings. The van der Waals surface area contributed by atoms with Crippen LogP contribution in [0.15, 0.2) is 24.5 Å². The average Bonchev–Trinajstić information content (AvgIpc) is 3.27. The molecule has 1 aliphatic heterocycles. The molecule has 8 nitrogen and oxygen atoms in total. The van der Waals surface area contributed by atoms with Crippen LogP contribution in [-0.2, 0) is 0 Å². The second kappa shape index (κ2) is 11.4. The van der Waals surface area contributed by atoms with Gasteiger partial charge in [0.2, 0.25) is 5.95 Å². The summed E-state index contributed by atoms with van der Waals surface area (Å²) in [5, 5.41) is 14.7. The van der Waals surface area contributed by atoms with Crippen molar-refractivity contribution in [3.8, 4) is 0 Å². The fraction of sp³-hybridized carbons (Fsp3) is 0.600. The minimum Gasteiger partial charge on any atom is -0.393 e. The van der Waals surface area contributed by atoms with E-state index in [-0.39, 0.29) is 12.0 Å². The predicted molar refractivity (Wildman–Crippen MR) is 151 cm³/mol. The van der Waals surface area contributed by atoms with Crippen molar-refractivity contribution < 1.29 is 9.90 Å². The zero-order valence-electron chi connectivity index (χ0n) is 23.3. The van der Waals surface area contributed by atoms with Gasteiger partial charge in [-0.2, -0.15) is 4.98 Å². The third-order valence-corrected chi connectivity index (χ3v) is 8.31. The highest BCUT2D eigenvalue weighted by Crippen LogP contribution is 2.38. The van der Waals surface area contributed by atoms with Crippen LogP contribution in [0.3, 0.4) is 0 Å². The molecule has 1 saturated heterocycles. The largest absolute Gasteiger partial charge is 0.393 e. The van der Waals surface area contributed by atoms with E-state index in [1.165, 1.54) is 5.56 Å². The molecule has 4 heterocycles. The Hall–Kier alpha value is -3.00. The van der Waals surface area contributed by atoms with E-state index in [4.69, 9.17) is 9.97 Å². The standard InChI is InChI=1S/C30H42N6O2/c1-5-6-19(2)33-30-31-17-26-27(18-36(28(26)34-30)24-7-9-25(37)10-8-24)22-11-13-35(14-12-22)29(38)23-15-20(3)32-21(4)16-23/h15-19,22,24-25,37H,5-14H2,1-4H3,(H,31,33,34). The molecule has 1 unspecified atom stereocenters. The van der Waals surface area contributed by atoms with E-state index in [1.54, 1.807) is 0 Å². The van der Waals surface area contributed by atoms with Crippen LogP contribution < -0.4 is 5.32 Å². The highest BCUT2D eigenvalue weighted by molar-refractivity contribution is 5.94. The van der Waals surface area contributed by atoms with Gasteiger partial charge in [-0.05, 0) is 89.3 Å². The normalized spacial score (nSPS) is 21.6. The van der Waals surface area contributed by atoms with Crippen molar-refractivity contribution in [1.82, 2.24) is 24.4 Å². The fourth-order valence-corrected chi connectivity index (χ4v) is 6.32. The van der Waals surface area contributed by atoms with E-state index in [0.717, 1.165) is 92.4 Å². The summed E-state index contributed by atoms with van der Waals surface area (Å²) in [6.45, 7) is 9.71. The number of likely N-dealkylation sites (tertiary alicyclic amines) is 1. The first-order valence-electron chi connectivity index (χ1n) is 14.4. The van der Waals surface area contributed by atoms with E-state index >= 15 is 0 Å². The summed E-state index contributed by atoms with van der Waals surface area (Å²) >= 11 is 0. The number of nitrogens with zero attached hydrogens (tertiary/aromatic N) is 5. The summed E-state index contributed by atoms with van der Waals surface area (Å²) in [5.41, 5.74) is 4.77. The van der Waals surface area contributed by atoms with Crippen molar-refractivity contribution in [3.05, 3.63) is 47.0 Å². The van der Waals surface area contributed by atoms with Crippen molar-refractivity contribution in [2.45, 2.75) is 103 Å². The van der Waals surface area contributed by atoms with Crippen LogP contribution in [0.2, 0.25) is 0 Å². The molecule has 5 rings (SSSR count). The van der Waals surface area contributed by atoms with Crippen LogP contribution in [0.5, 0.6) is 0 Å². The predicted octanol–water partition coefficient (Wildman–Crippen LogP) is 5.54. The maximum Gasteiger partial charge on any atom is 0.253 e. The second-order valence-corrected chi connectivity index (χ2v) is 11.4. The van der Waals surface area contributed by atoms with Crippen molar-refractivity contribution >= 4 is 22.9 Å². The smallest absolute Gasteiger partial charge is 0.253 e. The number of nitrogens with one attached hydrogen (secondary N) is 1. The SMILES string of the molecule is CCCC(C)Nc1ncc2c(C3CCN(C(=O)c4cc(C)nc(C)c4)CC3)cn(C3CCC(O)CC3)c2n1. The van der Waals surface area contributed by atoms with Gasteiger partial charge < -0.3 is 19.9 Å². The molecule has 1 saturated carbocycles. The molecule has 204 valence electrons. The number of pyridine rings is 1. The third-order valence-electron chi connectivity index (χ3n) is 8.31. The van der Waals surface area contributed by atoms with Gasteiger partial charge in [-0.3, -0.25) is 9.78 Å². The van der Waals surface area contributed by atoms with E-state index in [1.807, 2.05) is 37.1 Å². The lowest BCUT2D eigenvalue weighted by atomic mass is 9.89. The summed E-state index contributed by atoms with van der Waals surface area (Å²) in [6.07, 6.45) is 11.7. The van der Waals surface area contributed by atoms with Crippen molar-refractivity contribution in [1.29, 1.82) is 0 Å². The highest BCUT2D eigenvalue weighted by atomic mass is 16.3. The summed E-state index contributed by atoms with van der Waals surface area (Å²) in [5.74, 6) is 1.14. The minimum atomic E-state index is -0.191. The van der Waals surface area contributed by atoms with Gasteiger partial charge in [-0.15, -0.1) is 0 Å². The molecule has 38 heavy (non-hydrogen) atoms. The molecule has 2 aliphatic rings. The first-order valence-corrected chi connectivity index (χ1v) is 14.4. The Kier molecular flexibility index (Phi) is 7.98. The van der Waals surface area contributed by atoms with Gasteiger partial charge in [0.15, 0.2) is 0 Å². The second-order valence-electron chi connectivity index (χ2n) is 11.4. The van der Waals surface area contributed by atoms with Crippen molar-refractivity contribution in [2.75, 3.05) is 18.4 Å². The number of aryl methyl sites for hydroxylation is 2. The first kappa shape index (κ1) is 26.6. The van der Waals surface area contributed by atoms with Crippen LogP contribution in [0.4, 0.5) is 5.95 Å². The molecule has 2 N–H and O–H groups in total. The summed E-state index contributed by atoms with van der Waals surface area (Å²) in [4.78, 5) is 29.3. The topological polar surface area (TPSA) is 96.2 Å². The number of anilines is 1. The third kappa shape index (κ3) is 5.70. The Labute approximate surface area is 225 Å². The number of hydrogen-bond acceptors (Lipinski definition) is 6. The summed E-state index contributed by atoms with van der Waals surface area (Å²) < 4.78 is 2.36. The first-order chi connectivity index (χ1) is 18.3. The van der Waals surface area contributed by atoms with Crippen LogP contribution >= 0.6 is 0 Å². The molecule has 3 aromatic heterocycles. The van der Waals surface area contributed by atoms with Crippen molar-refractivity contribution in [3.63, 3.8) is 0 Å².